The summed E-state index contributed by atoms with van der Waals surface area (Å²) in [6.07, 6.45) is 0. The average molecular weight is 108 g/mol. The standard InChI is InChI=1S/Mg.H3O3P/c;1-4(2)3/h;1-3H/q+2;/p+2. The SMILES string of the molecule is OP(O)O.[H+].[H+].[Mg+2]. The molecule has 3 N–H and O–H groups in total. The van der Waals surface area contributed by atoms with Gasteiger partial charge < -0.3 is 14.7 Å². The van der Waals surface area contributed by atoms with Gasteiger partial charge in [0.05, 0.1) is 0 Å². The second kappa shape index (κ2) is 5.08. The second-order valence-electron chi connectivity index (χ2n) is 0.268. The molecule has 0 aliphatic carbocycles. The molecule has 0 fully saturated rings. The van der Waals surface area contributed by atoms with Crippen LogP contribution < -0.4 is 0 Å². The summed E-state index contributed by atoms with van der Waals surface area (Å²) in [5, 5.41) is 0. The van der Waals surface area contributed by atoms with Gasteiger partial charge in [0.2, 0.25) is 0 Å². The third-order valence-corrected chi connectivity index (χ3v) is 0. The zero-order chi connectivity index (χ0) is 3.58. The van der Waals surface area contributed by atoms with Gasteiger partial charge in [0.1, 0.15) is 0 Å². The van der Waals surface area contributed by atoms with Gasteiger partial charge in [0.25, 0.3) is 0 Å². The molecule has 26 valence electrons. The molecule has 0 spiro atoms. The third-order valence-electron chi connectivity index (χ3n) is 0. The predicted molar refractivity (Wildman–Crippen MR) is 21.6 cm³/mol. The molecule has 0 unspecified atom stereocenters. The molecule has 3 nitrogen and oxygen atoms in total. The number of hydrogen-bond acceptors (Lipinski definition) is 3. The summed E-state index contributed by atoms with van der Waals surface area (Å²) in [5.74, 6) is 0. The van der Waals surface area contributed by atoms with Crippen LogP contribution in [0, 0.1) is 0 Å². The first-order chi connectivity index (χ1) is 1.73. The van der Waals surface area contributed by atoms with Crippen LogP contribution in [0.1, 0.15) is 2.85 Å². The summed E-state index contributed by atoms with van der Waals surface area (Å²) in [5.41, 5.74) is 0. The van der Waals surface area contributed by atoms with Crippen molar-refractivity contribution >= 4 is 31.7 Å². The van der Waals surface area contributed by atoms with Gasteiger partial charge in [0.15, 0.2) is 0 Å². The summed E-state index contributed by atoms with van der Waals surface area (Å²) in [6.45, 7) is 0. The second-order valence-corrected chi connectivity index (χ2v) is 0.805. The van der Waals surface area contributed by atoms with Gasteiger partial charge in [-0.2, -0.15) is 0 Å². The molecular weight excluding hydrogens is 103 g/mol. The maximum Gasteiger partial charge on any atom is 2.00 e. The van der Waals surface area contributed by atoms with Crippen LogP contribution in [0.5, 0.6) is 0 Å². The Labute approximate surface area is 49.8 Å². The van der Waals surface area contributed by atoms with Crippen molar-refractivity contribution in [3.63, 3.8) is 0 Å². The molecule has 0 saturated carbocycles. The van der Waals surface area contributed by atoms with E-state index >= 15 is 0 Å². The van der Waals surface area contributed by atoms with Crippen LogP contribution in [0.15, 0.2) is 0 Å². The maximum atomic E-state index is 7.23. The van der Waals surface area contributed by atoms with E-state index in [9.17, 15) is 0 Å². The predicted octanol–water partition coefficient (Wildman–Crippen LogP) is -0.966. The maximum absolute atomic E-state index is 7.23. The van der Waals surface area contributed by atoms with Crippen molar-refractivity contribution in [2.45, 2.75) is 0 Å². The van der Waals surface area contributed by atoms with Crippen LogP contribution >= 0.6 is 8.60 Å². The van der Waals surface area contributed by atoms with Gasteiger partial charge in [-0.3, -0.25) is 0 Å². The van der Waals surface area contributed by atoms with Crippen molar-refractivity contribution in [2.75, 3.05) is 0 Å². The van der Waals surface area contributed by atoms with Crippen molar-refractivity contribution in [3.05, 3.63) is 0 Å². The van der Waals surface area contributed by atoms with E-state index in [2.05, 4.69) is 0 Å². The molecule has 0 radical (unpaired) electrons. The fraction of sp³-hybridized carbons (Fsp3) is 0. The van der Waals surface area contributed by atoms with E-state index in [0.29, 0.717) is 0 Å². The Bertz CT molecular complexity index is 17.7. The normalized spacial score (nSPS) is 7.20. The smallest absolute Gasteiger partial charge is 0.328 e. The molecule has 0 saturated heterocycles. The van der Waals surface area contributed by atoms with Crippen molar-refractivity contribution in [1.82, 2.24) is 0 Å². The minimum absolute atomic E-state index is 0. The quantitative estimate of drug-likeness (QED) is 0.276. The Morgan fingerprint density at radius 3 is 1.20 bits per heavy atom. The molecule has 0 heterocycles. The van der Waals surface area contributed by atoms with Crippen molar-refractivity contribution in [1.29, 1.82) is 0 Å². The van der Waals surface area contributed by atoms with Crippen LogP contribution in [0.2, 0.25) is 0 Å². The van der Waals surface area contributed by atoms with E-state index in [0.717, 1.165) is 0 Å². The molecule has 5 heavy (non-hydrogen) atoms. The first-order valence-electron chi connectivity index (χ1n) is 0.600. The van der Waals surface area contributed by atoms with Gasteiger partial charge in [-0.25, -0.2) is 0 Å². The molecule has 0 aromatic carbocycles. The van der Waals surface area contributed by atoms with Crippen LogP contribution in [0.3, 0.4) is 0 Å². The molecule has 0 atom stereocenters. The molecule has 0 rings (SSSR count). The fourth-order valence-electron chi connectivity index (χ4n) is 0. The molecule has 0 amide bonds. The molecule has 0 aromatic rings. The summed E-state index contributed by atoms with van der Waals surface area (Å²) >= 11 is 0. The van der Waals surface area contributed by atoms with Gasteiger partial charge in [0, 0.05) is 0 Å². The molecule has 0 aliphatic rings. The van der Waals surface area contributed by atoms with E-state index in [1.54, 1.807) is 0 Å². The molecule has 0 aromatic heterocycles. The first-order valence-corrected chi connectivity index (χ1v) is 1.80. The Kier molecular flexibility index (Phi) is 9.57. The van der Waals surface area contributed by atoms with Gasteiger partial charge in [-0.05, 0) is 0 Å². The summed E-state index contributed by atoms with van der Waals surface area (Å²) in [6, 6.07) is 0. The van der Waals surface area contributed by atoms with Gasteiger partial charge in [-0.15, -0.1) is 0 Å². The molecule has 0 aliphatic heterocycles. The summed E-state index contributed by atoms with van der Waals surface area (Å²) in [7, 11) is -2.62. The van der Waals surface area contributed by atoms with Crippen molar-refractivity contribution in [2.24, 2.45) is 0 Å². The van der Waals surface area contributed by atoms with Gasteiger partial charge >= 0.3 is 34.5 Å². The van der Waals surface area contributed by atoms with Crippen LogP contribution in [0.25, 0.3) is 0 Å². The van der Waals surface area contributed by atoms with E-state index < -0.39 is 8.60 Å². The first kappa shape index (κ1) is 9.42. The summed E-state index contributed by atoms with van der Waals surface area (Å²) in [4.78, 5) is 21.7. The minimum Gasteiger partial charge on any atom is -0.328 e. The Hall–Kier alpha value is 1.08. The Morgan fingerprint density at radius 2 is 1.20 bits per heavy atom. The molecule has 0 bridgehead atoms. The van der Waals surface area contributed by atoms with E-state index in [4.69, 9.17) is 14.7 Å². The summed E-state index contributed by atoms with van der Waals surface area (Å²) < 4.78 is 0. The van der Waals surface area contributed by atoms with Crippen LogP contribution in [-0.2, 0) is 0 Å². The van der Waals surface area contributed by atoms with Gasteiger partial charge in [-0.1, -0.05) is 0 Å². The average Bonchev–Trinajstić information content (AvgIpc) is 0.811. The van der Waals surface area contributed by atoms with Crippen molar-refractivity contribution < 1.29 is 17.5 Å². The molecular formula is H5MgO3P+4. The Morgan fingerprint density at radius 1 is 1.20 bits per heavy atom. The fourth-order valence-corrected chi connectivity index (χ4v) is 0. The monoisotopic (exact) mass is 108 g/mol. The third kappa shape index (κ3) is 41.5. The molecule has 5 heteroatoms. The topological polar surface area (TPSA) is 60.7 Å². The number of hydrogen-bond donors (Lipinski definition) is 3. The van der Waals surface area contributed by atoms with Crippen LogP contribution in [-0.4, -0.2) is 37.7 Å². The van der Waals surface area contributed by atoms with E-state index in [1.807, 2.05) is 0 Å². The zero-order valence-electron chi connectivity index (χ0n) is 4.50. The van der Waals surface area contributed by atoms with Crippen LogP contribution in [0.4, 0.5) is 0 Å². The van der Waals surface area contributed by atoms with E-state index in [-0.39, 0.29) is 25.9 Å². The number of rotatable bonds is 0. The van der Waals surface area contributed by atoms with Crippen molar-refractivity contribution in [3.8, 4) is 0 Å². The Balaban J connectivity index is -0.0000000150. The minimum atomic E-state index is -2.62. The van der Waals surface area contributed by atoms with E-state index in [1.165, 1.54) is 0 Å². The zero-order valence-corrected chi connectivity index (χ0v) is 4.80. The largest absolute Gasteiger partial charge is 2.00 e.